The number of ketones is 1. The Morgan fingerprint density at radius 3 is 0.767 bits per heavy atom. The first kappa shape index (κ1) is 43.1. The minimum absolute atomic E-state index is 0.104. The van der Waals surface area contributed by atoms with E-state index in [-0.39, 0.29) is 19.6 Å². The third-order valence-corrected chi connectivity index (χ3v) is 1.42. The minimum Gasteiger partial charge on any atom is -0.323 e. The molecule has 0 spiro atoms. The van der Waals surface area contributed by atoms with Crippen molar-refractivity contribution in [1.29, 1.82) is 0 Å². The zero-order valence-corrected chi connectivity index (χ0v) is 21.7. The van der Waals surface area contributed by atoms with Gasteiger partial charge in [0.05, 0.1) is 0 Å². The van der Waals surface area contributed by atoms with Gasteiger partial charge in [-0.2, -0.15) is 26.3 Å². The topological polar surface area (TPSA) is 63.2 Å². The molecular formula is C19H43F6NO3S. The lowest BCUT2D eigenvalue weighted by molar-refractivity contribution is -0.327. The zero-order valence-electron chi connectivity index (χ0n) is 20.9. The van der Waals surface area contributed by atoms with Gasteiger partial charge in [0, 0.05) is 12.5 Å². The van der Waals surface area contributed by atoms with Crippen LogP contribution >= 0.6 is 0 Å². The highest BCUT2D eigenvalue weighted by Crippen LogP contribution is 2.49. The van der Waals surface area contributed by atoms with Gasteiger partial charge in [-0.3, -0.25) is 0 Å². The first-order valence-corrected chi connectivity index (χ1v) is 11.3. The molecule has 0 atom stereocenters. The van der Waals surface area contributed by atoms with E-state index in [0.717, 1.165) is 12.5 Å². The van der Waals surface area contributed by atoms with Crippen LogP contribution in [-0.4, -0.2) is 53.2 Å². The van der Waals surface area contributed by atoms with Gasteiger partial charge in [0.1, 0.15) is 15.6 Å². The van der Waals surface area contributed by atoms with Crippen LogP contribution in [0.5, 0.6) is 0 Å². The molecule has 0 amide bonds. The fourth-order valence-corrected chi connectivity index (χ4v) is 0.161. The van der Waals surface area contributed by atoms with Crippen LogP contribution < -0.4 is 5.32 Å². The summed E-state index contributed by atoms with van der Waals surface area (Å²) >= 11 is 0. The number of nitrogens with one attached hydrogen (secondary N) is 1. The second-order valence-electron chi connectivity index (χ2n) is 8.17. The average molecular weight is 480 g/mol. The lowest BCUT2D eigenvalue weighted by Gasteiger charge is -2.29. The molecule has 0 fully saturated rings. The number of rotatable bonds is 0. The predicted octanol–water partition coefficient (Wildman–Crippen LogP) is 6.31. The van der Waals surface area contributed by atoms with Crippen LogP contribution in [0.25, 0.3) is 0 Å². The molecule has 0 saturated carbocycles. The molecular weight excluding hydrogens is 436 g/mol. The summed E-state index contributed by atoms with van der Waals surface area (Å²) in [4.78, 5) is 9.44. The van der Waals surface area contributed by atoms with E-state index >= 15 is 0 Å². The quantitative estimate of drug-likeness (QED) is 0.414. The van der Waals surface area contributed by atoms with Crippen molar-refractivity contribution in [2.24, 2.45) is 10.8 Å². The van der Waals surface area contributed by atoms with Crippen LogP contribution in [0.3, 0.4) is 0 Å². The Labute approximate surface area is 180 Å². The molecule has 0 aromatic rings. The van der Waals surface area contributed by atoms with E-state index in [2.05, 4.69) is 33.0 Å². The molecule has 0 saturated heterocycles. The average Bonchev–Trinajstić information content (AvgIpc) is 2.34. The molecule has 190 valence electrons. The van der Waals surface area contributed by atoms with Gasteiger partial charge < -0.3 is 10.1 Å². The van der Waals surface area contributed by atoms with Crippen molar-refractivity contribution < 1.29 is 39.6 Å². The molecule has 0 radical (unpaired) electrons. The summed E-state index contributed by atoms with van der Waals surface area (Å²) in [6.07, 6.45) is -8.17. The second-order valence-corrected chi connectivity index (χ2v) is 10.5. The van der Waals surface area contributed by atoms with Crippen molar-refractivity contribution in [3.63, 3.8) is 0 Å². The highest BCUT2D eigenvalue weighted by atomic mass is 32.2. The van der Waals surface area contributed by atoms with Crippen LogP contribution in [0.4, 0.5) is 26.3 Å². The van der Waals surface area contributed by atoms with Crippen molar-refractivity contribution in [2.45, 2.75) is 81.6 Å². The first-order valence-electron chi connectivity index (χ1n) is 8.99. The van der Waals surface area contributed by atoms with Gasteiger partial charge in [-0.05, 0) is 47.2 Å². The van der Waals surface area contributed by atoms with Crippen LogP contribution in [0.15, 0.2) is 0 Å². The van der Waals surface area contributed by atoms with Gasteiger partial charge in [0.2, 0.25) is 0 Å². The Balaban J connectivity index is -0.0000000643. The molecule has 0 unspecified atom stereocenters. The van der Waals surface area contributed by atoms with Gasteiger partial charge in [0.15, 0.2) is 5.41 Å². The third-order valence-electron chi connectivity index (χ3n) is 1.42. The van der Waals surface area contributed by atoms with Crippen molar-refractivity contribution in [3.05, 3.63) is 0 Å². The van der Waals surface area contributed by atoms with Crippen LogP contribution in [-0.2, 0) is 14.6 Å². The van der Waals surface area contributed by atoms with E-state index in [1.165, 1.54) is 13.8 Å². The molecule has 11 heteroatoms. The summed E-state index contributed by atoms with van der Waals surface area (Å²) in [7, 11) is 1.08. The molecule has 0 aliphatic rings. The Hall–Kier alpha value is -0.840. The van der Waals surface area contributed by atoms with Crippen LogP contribution in [0.1, 0.15) is 69.2 Å². The molecule has 0 aromatic carbocycles. The van der Waals surface area contributed by atoms with E-state index in [1.54, 1.807) is 0 Å². The Morgan fingerprint density at radius 2 is 0.767 bits per heavy atom. The van der Waals surface area contributed by atoms with E-state index < -0.39 is 27.6 Å². The molecule has 0 aliphatic carbocycles. The standard InChI is InChI=1S/C5H6F6.C5H12.C3H6O.C2H7N.C2H6O2S.C2H6/c1-3(2,4(6,7)8)5(9,10)11;1-5(2,3)4;1-3(2)4;1-3-2;1-5(2,3)4;1-2/h1-2H3;1-4H3;1-2H3;3H,1-2H3;1-2H3;1-2H3. The largest absolute Gasteiger partial charge is 0.402 e. The van der Waals surface area contributed by atoms with Crippen molar-refractivity contribution in [3.8, 4) is 0 Å². The van der Waals surface area contributed by atoms with Gasteiger partial charge in [0.25, 0.3) is 0 Å². The summed E-state index contributed by atoms with van der Waals surface area (Å²) < 4.78 is 88.9. The number of Topliss-reactive ketones (excluding diaryl/α,β-unsaturated/α-hetero) is 1. The third kappa shape index (κ3) is 63.1. The van der Waals surface area contributed by atoms with Crippen LogP contribution in [0, 0.1) is 10.8 Å². The second kappa shape index (κ2) is 18.9. The smallest absolute Gasteiger partial charge is 0.323 e. The summed E-state index contributed by atoms with van der Waals surface area (Å²) in [5.74, 6) is 0.167. The SMILES string of the molecule is CC.CC(C)(C(F)(F)F)C(F)(F)F.CC(C)(C)C.CC(C)=O.CNC.CS(C)(=O)=O. The monoisotopic (exact) mass is 479 g/mol. The molecule has 0 aromatic heterocycles. The molecule has 4 nitrogen and oxygen atoms in total. The number of sulfone groups is 1. The predicted molar refractivity (Wildman–Crippen MR) is 114 cm³/mol. The van der Waals surface area contributed by atoms with Crippen LogP contribution in [0.2, 0.25) is 0 Å². The number of hydrogen-bond donors (Lipinski definition) is 1. The first-order chi connectivity index (χ1) is 12.6. The summed E-state index contributed by atoms with van der Waals surface area (Å²) in [6, 6.07) is 0. The number of alkyl halides is 6. The van der Waals surface area contributed by atoms with Gasteiger partial charge in [-0.25, -0.2) is 8.42 Å². The molecule has 0 rings (SSSR count). The maximum atomic E-state index is 11.6. The Bertz CT molecular complexity index is 458. The molecule has 30 heavy (non-hydrogen) atoms. The Morgan fingerprint density at radius 1 is 0.700 bits per heavy atom. The number of halogens is 6. The zero-order chi connectivity index (χ0) is 26.8. The van der Waals surface area contributed by atoms with E-state index in [0.29, 0.717) is 5.41 Å². The Kier molecular flexibility index (Phi) is 27.1. The normalized spacial score (nSPS) is 11.2. The van der Waals surface area contributed by atoms with Gasteiger partial charge in [-0.15, -0.1) is 0 Å². The number of carbonyl (C=O) groups is 1. The van der Waals surface area contributed by atoms with Crippen molar-refractivity contribution >= 4 is 15.6 Å². The fraction of sp³-hybridized carbons (Fsp3) is 0.947. The maximum Gasteiger partial charge on any atom is 0.402 e. The van der Waals surface area contributed by atoms with Gasteiger partial charge in [-0.1, -0.05) is 41.5 Å². The van der Waals surface area contributed by atoms with Crippen molar-refractivity contribution in [2.75, 3.05) is 26.6 Å². The summed E-state index contributed by atoms with van der Waals surface area (Å²) in [5, 5.41) is 2.75. The van der Waals surface area contributed by atoms with E-state index in [1.807, 2.05) is 27.9 Å². The fourth-order valence-electron chi connectivity index (χ4n) is 0.161. The summed E-state index contributed by atoms with van der Waals surface area (Å²) in [5.41, 5.74) is -3.12. The molecule has 0 bridgehead atoms. The number of carbonyl (C=O) groups excluding carboxylic acids is 1. The number of hydrogen-bond acceptors (Lipinski definition) is 4. The maximum absolute atomic E-state index is 11.6. The lowest BCUT2D eigenvalue weighted by Crippen LogP contribution is -2.44. The molecule has 0 heterocycles. The summed E-state index contributed by atoms with van der Waals surface area (Å²) in [6.45, 7) is 16.0. The van der Waals surface area contributed by atoms with Gasteiger partial charge >= 0.3 is 12.4 Å². The van der Waals surface area contributed by atoms with E-state index in [4.69, 9.17) is 0 Å². The highest BCUT2D eigenvalue weighted by molar-refractivity contribution is 7.89. The van der Waals surface area contributed by atoms with Crippen molar-refractivity contribution in [1.82, 2.24) is 5.32 Å². The minimum atomic E-state index is -5.24. The molecule has 0 aliphatic heterocycles. The lowest BCUT2D eigenvalue weighted by atomic mass is 9.92. The molecule has 1 N–H and O–H groups in total. The highest BCUT2D eigenvalue weighted by Gasteiger charge is 2.64. The van der Waals surface area contributed by atoms with E-state index in [9.17, 15) is 39.6 Å².